The van der Waals surface area contributed by atoms with E-state index in [1.54, 1.807) is 0 Å². The summed E-state index contributed by atoms with van der Waals surface area (Å²) in [4.78, 5) is 0. The van der Waals surface area contributed by atoms with Crippen molar-refractivity contribution in [3.63, 3.8) is 0 Å². The number of rotatable bonds is 8. The van der Waals surface area contributed by atoms with Crippen molar-refractivity contribution >= 4 is 0 Å². The molecule has 2 aromatic rings. The molecule has 0 saturated carbocycles. The first kappa shape index (κ1) is 19.7. The van der Waals surface area contributed by atoms with Gasteiger partial charge in [0, 0.05) is 10.8 Å². The van der Waals surface area contributed by atoms with E-state index in [1.807, 2.05) is 0 Å². The summed E-state index contributed by atoms with van der Waals surface area (Å²) in [6.45, 7) is 8.56. The summed E-state index contributed by atoms with van der Waals surface area (Å²) in [6.07, 6.45) is 3.24. The van der Waals surface area contributed by atoms with Crippen LogP contribution in [0.15, 0.2) is 48.5 Å². The Labute approximate surface area is 152 Å². The Hall–Kier alpha value is -1.64. The van der Waals surface area contributed by atoms with E-state index in [2.05, 4.69) is 76.2 Å². The fourth-order valence-electron chi connectivity index (χ4n) is 2.92. The van der Waals surface area contributed by atoms with Crippen LogP contribution < -0.4 is 0 Å². The summed E-state index contributed by atoms with van der Waals surface area (Å²) in [7, 11) is 0. The van der Waals surface area contributed by atoms with Gasteiger partial charge in [-0.1, -0.05) is 76.2 Å². The van der Waals surface area contributed by atoms with Crippen LogP contribution in [0.1, 0.15) is 56.4 Å². The number of benzene rings is 2. The van der Waals surface area contributed by atoms with Crippen LogP contribution in [0, 0.1) is 0 Å². The third-order valence-corrected chi connectivity index (χ3v) is 5.19. The van der Waals surface area contributed by atoms with Crippen LogP contribution in [-0.2, 0) is 23.7 Å². The van der Waals surface area contributed by atoms with Gasteiger partial charge in [0.25, 0.3) is 0 Å². The molecule has 0 radical (unpaired) electrons. The Balaban J connectivity index is 1.88. The van der Waals surface area contributed by atoms with E-state index in [1.165, 1.54) is 22.3 Å². The molecule has 0 aliphatic carbocycles. The first-order chi connectivity index (χ1) is 11.8. The molecule has 0 amide bonds. The first-order valence-electron chi connectivity index (χ1n) is 9.19. The highest BCUT2D eigenvalue weighted by Crippen LogP contribution is 2.24. The molecular formula is C23H32O2. The van der Waals surface area contributed by atoms with Crippen molar-refractivity contribution in [2.24, 2.45) is 0 Å². The molecule has 0 heterocycles. The lowest BCUT2D eigenvalue weighted by atomic mass is 9.84. The Morgan fingerprint density at radius 3 is 1.20 bits per heavy atom. The van der Waals surface area contributed by atoms with Gasteiger partial charge < -0.3 is 10.2 Å². The minimum absolute atomic E-state index is 0.162. The van der Waals surface area contributed by atoms with Crippen molar-refractivity contribution in [3.05, 3.63) is 70.8 Å². The summed E-state index contributed by atoms with van der Waals surface area (Å²) in [5.41, 5.74) is 4.69. The lowest BCUT2D eigenvalue weighted by molar-refractivity contribution is 0.218. The van der Waals surface area contributed by atoms with Crippen molar-refractivity contribution in [3.8, 4) is 0 Å². The normalized spacial score (nSPS) is 12.4. The SMILES string of the molecule is CC(C)(CO)c1ccc(CCCc2ccc(C(C)(C)CO)cc2)cc1. The number of aliphatic hydroxyl groups excluding tert-OH is 2. The molecule has 136 valence electrons. The average molecular weight is 341 g/mol. The molecular weight excluding hydrogens is 308 g/mol. The third-order valence-electron chi connectivity index (χ3n) is 5.19. The molecule has 2 aromatic carbocycles. The van der Waals surface area contributed by atoms with Crippen LogP contribution in [0.3, 0.4) is 0 Å². The zero-order valence-electron chi connectivity index (χ0n) is 16.0. The minimum atomic E-state index is -0.178. The highest BCUT2D eigenvalue weighted by molar-refractivity contribution is 5.30. The van der Waals surface area contributed by atoms with Gasteiger partial charge in [0.1, 0.15) is 0 Å². The van der Waals surface area contributed by atoms with Gasteiger partial charge in [-0.2, -0.15) is 0 Å². The van der Waals surface area contributed by atoms with Crippen molar-refractivity contribution in [2.75, 3.05) is 13.2 Å². The minimum Gasteiger partial charge on any atom is -0.395 e. The van der Waals surface area contributed by atoms with E-state index in [-0.39, 0.29) is 24.0 Å². The summed E-state index contributed by atoms with van der Waals surface area (Å²) in [5.74, 6) is 0. The van der Waals surface area contributed by atoms with Crippen LogP contribution in [0.2, 0.25) is 0 Å². The monoisotopic (exact) mass is 340 g/mol. The summed E-state index contributed by atoms with van der Waals surface area (Å²) < 4.78 is 0. The lowest BCUT2D eigenvalue weighted by Gasteiger charge is -2.22. The topological polar surface area (TPSA) is 40.5 Å². The van der Waals surface area contributed by atoms with Crippen molar-refractivity contribution in [2.45, 2.75) is 57.8 Å². The number of hydrogen-bond acceptors (Lipinski definition) is 2. The van der Waals surface area contributed by atoms with Crippen molar-refractivity contribution in [1.29, 1.82) is 0 Å². The van der Waals surface area contributed by atoms with E-state index in [4.69, 9.17) is 0 Å². The molecule has 2 N–H and O–H groups in total. The molecule has 0 aromatic heterocycles. The molecule has 25 heavy (non-hydrogen) atoms. The second-order valence-electron chi connectivity index (χ2n) is 8.33. The maximum absolute atomic E-state index is 9.46. The molecule has 0 unspecified atom stereocenters. The quantitative estimate of drug-likeness (QED) is 0.748. The van der Waals surface area contributed by atoms with Gasteiger partial charge >= 0.3 is 0 Å². The summed E-state index contributed by atoms with van der Waals surface area (Å²) in [6, 6.07) is 17.3. The summed E-state index contributed by atoms with van der Waals surface area (Å²) >= 11 is 0. The van der Waals surface area contributed by atoms with E-state index >= 15 is 0 Å². The fraction of sp³-hybridized carbons (Fsp3) is 0.478. The van der Waals surface area contributed by atoms with Gasteiger partial charge in [0.2, 0.25) is 0 Å². The third kappa shape index (κ3) is 5.17. The van der Waals surface area contributed by atoms with E-state index < -0.39 is 0 Å². The maximum atomic E-state index is 9.46. The van der Waals surface area contributed by atoms with Crippen molar-refractivity contribution < 1.29 is 10.2 Å². The van der Waals surface area contributed by atoms with Crippen molar-refractivity contribution in [1.82, 2.24) is 0 Å². The van der Waals surface area contributed by atoms with Gasteiger partial charge in [-0.3, -0.25) is 0 Å². The molecule has 0 bridgehead atoms. The zero-order chi connectivity index (χ0) is 18.5. The molecule has 0 saturated heterocycles. The maximum Gasteiger partial charge on any atom is 0.0522 e. The second kappa shape index (κ2) is 8.16. The Kier molecular flexibility index (Phi) is 6.42. The molecule has 0 aliphatic rings. The summed E-state index contributed by atoms with van der Waals surface area (Å²) in [5, 5.41) is 18.9. The van der Waals surface area contributed by atoms with Gasteiger partial charge in [-0.25, -0.2) is 0 Å². The Bertz CT molecular complexity index is 592. The van der Waals surface area contributed by atoms with E-state index in [9.17, 15) is 10.2 Å². The lowest BCUT2D eigenvalue weighted by Crippen LogP contribution is -2.21. The molecule has 0 spiro atoms. The van der Waals surface area contributed by atoms with Gasteiger partial charge in [-0.15, -0.1) is 0 Å². The van der Waals surface area contributed by atoms with E-state index in [0.29, 0.717) is 0 Å². The van der Waals surface area contributed by atoms with Gasteiger partial charge in [-0.05, 0) is 41.5 Å². The standard InChI is InChI=1S/C23H32O2/c1-22(2,16-24)20-12-8-18(9-13-20)6-5-7-19-10-14-21(15-11-19)23(3,4)17-25/h8-15,24-25H,5-7,16-17H2,1-4H3. The average Bonchev–Trinajstić information content (AvgIpc) is 2.62. The number of hydrogen-bond donors (Lipinski definition) is 2. The van der Waals surface area contributed by atoms with Crippen LogP contribution >= 0.6 is 0 Å². The predicted octanol–water partition coefficient (Wildman–Crippen LogP) is 4.40. The van der Waals surface area contributed by atoms with Crippen LogP contribution in [-0.4, -0.2) is 23.4 Å². The molecule has 0 atom stereocenters. The van der Waals surface area contributed by atoms with Crippen LogP contribution in [0.4, 0.5) is 0 Å². The first-order valence-corrected chi connectivity index (χ1v) is 9.19. The molecule has 0 fully saturated rings. The number of aliphatic hydroxyl groups is 2. The Morgan fingerprint density at radius 1 is 0.600 bits per heavy atom. The van der Waals surface area contributed by atoms with Gasteiger partial charge in [0.15, 0.2) is 0 Å². The molecule has 0 aliphatic heterocycles. The Morgan fingerprint density at radius 2 is 0.920 bits per heavy atom. The van der Waals surface area contributed by atoms with Gasteiger partial charge in [0.05, 0.1) is 13.2 Å². The van der Waals surface area contributed by atoms with Crippen LogP contribution in [0.25, 0.3) is 0 Å². The smallest absolute Gasteiger partial charge is 0.0522 e. The highest BCUT2D eigenvalue weighted by Gasteiger charge is 2.19. The second-order valence-corrected chi connectivity index (χ2v) is 8.33. The van der Waals surface area contributed by atoms with E-state index in [0.717, 1.165) is 19.3 Å². The molecule has 2 nitrogen and oxygen atoms in total. The highest BCUT2D eigenvalue weighted by atomic mass is 16.3. The molecule has 2 heteroatoms. The largest absolute Gasteiger partial charge is 0.395 e. The fourth-order valence-corrected chi connectivity index (χ4v) is 2.92. The predicted molar refractivity (Wildman–Crippen MR) is 105 cm³/mol. The molecule has 2 rings (SSSR count). The number of aryl methyl sites for hydroxylation is 2. The zero-order valence-corrected chi connectivity index (χ0v) is 16.0. The van der Waals surface area contributed by atoms with Crippen LogP contribution in [0.5, 0.6) is 0 Å².